The smallest absolute Gasteiger partial charge is 0.202 e. The van der Waals surface area contributed by atoms with Gasteiger partial charge < -0.3 is 10.2 Å². The summed E-state index contributed by atoms with van der Waals surface area (Å²) in [5.41, 5.74) is 2.58. The van der Waals surface area contributed by atoms with Gasteiger partial charge in [-0.2, -0.15) is 0 Å². The van der Waals surface area contributed by atoms with Crippen LogP contribution in [-0.4, -0.2) is 14.8 Å². The Kier molecular flexibility index (Phi) is 2.55. The Balaban J connectivity index is 1.84. The van der Waals surface area contributed by atoms with E-state index in [1.165, 1.54) is 0 Å². The molecule has 0 saturated carbocycles. The Labute approximate surface area is 141 Å². The third-order valence-corrected chi connectivity index (χ3v) is 5.80. The maximum atomic E-state index is 10.8. The van der Waals surface area contributed by atoms with E-state index in [2.05, 4.69) is 28.1 Å². The van der Waals surface area contributed by atoms with Gasteiger partial charge in [-0.25, -0.2) is 0 Å². The second kappa shape index (κ2) is 4.42. The van der Waals surface area contributed by atoms with Crippen molar-refractivity contribution in [3.63, 3.8) is 0 Å². The van der Waals surface area contributed by atoms with Crippen molar-refractivity contribution in [2.24, 2.45) is 0 Å². The molecule has 1 heterocycles. The highest BCUT2D eigenvalue weighted by molar-refractivity contribution is 9.10. The zero-order valence-corrected chi connectivity index (χ0v) is 13.8. The van der Waals surface area contributed by atoms with Crippen LogP contribution in [0.4, 0.5) is 0 Å². The largest absolute Gasteiger partial charge is 0.494 e. The first-order chi connectivity index (χ1) is 11.2. The number of aromatic nitrogens is 1. The highest BCUT2D eigenvalue weighted by Crippen LogP contribution is 2.57. The first kappa shape index (κ1) is 13.3. The van der Waals surface area contributed by atoms with Crippen molar-refractivity contribution in [3.05, 3.63) is 64.1 Å². The molecular formula is C19H14BrNO2. The van der Waals surface area contributed by atoms with Crippen molar-refractivity contribution in [1.29, 1.82) is 0 Å². The van der Waals surface area contributed by atoms with Crippen LogP contribution in [0.25, 0.3) is 16.5 Å². The van der Waals surface area contributed by atoms with Gasteiger partial charge in [0.25, 0.3) is 0 Å². The van der Waals surface area contributed by atoms with Crippen molar-refractivity contribution < 1.29 is 10.2 Å². The number of allylic oxidation sites excluding steroid dienone is 2. The summed E-state index contributed by atoms with van der Waals surface area (Å²) in [5.74, 6) is 0.788. The lowest BCUT2D eigenvalue weighted by Crippen LogP contribution is -1.97. The van der Waals surface area contributed by atoms with E-state index in [0.717, 1.165) is 38.5 Å². The Morgan fingerprint density at radius 1 is 0.870 bits per heavy atom. The normalized spacial score (nSPS) is 21.3. The van der Waals surface area contributed by atoms with Gasteiger partial charge in [0.1, 0.15) is 0 Å². The topological polar surface area (TPSA) is 45.4 Å². The van der Waals surface area contributed by atoms with E-state index in [9.17, 15) is 10.2 Å². The molecule has 2 aliphatic rings. The highest BCUT2D eigenvalue weighted by Gasteiger charge is 2.41. The Morgan fingerprint density at radius 3 is 2.13 bits per heavy atom. The Hall–Kier alpha value is -2.20. The van der Waals surface area contributed by atoms with Crippen LogP contribution < -0.4 is 0 Å². The molecule has 1 aromatic heterocycles. The molecule has 3 aromatic rings. The molecule has 114 valence electrons. The van der Waals surface area contributed by atoms with Gasteiger partial charge in [-0.3, -0.25) is 4.57 Å². The first-order valence-corrected chi connectivity index (χ1v) is 8.48. The number of halogens is 1. The molecule has 2 bridgehead atoms. The minimum atomic E-state index is 0.168. The van der Waals surface area contributed by atoms with E-state index in [1.54, 1.807) is 4.57 Å². The average molecular weight is 368 g/mol. The lowest BCUT2D eigenvalue weighted by Gasteiger charge is -2.13. The third kappa shape index (κ3) is 1.59. The zero-order valence-electron chi connectivity index (χ0n) is 12.2. The zero-order chi connectivity index (χ0) is 15.7. The molecule has 2 atom stereocenters. The summed E-state index contributed by atoms with van der Waals surface area (Å²) in [6.07, 6.45) is 5.24. The van der Waals surface area contributed by atoms with E-state index in [-0.39, 0.29) is 23.6 Å². The lowest BCUT2D eigenvalue weighted by molar-refractivity contribution is 0.396. The van der Waals surface area contributed by atoms with Crippen molar-refractivity contribution in [2.75, 3.05) is 0 Å². The lowest BCUT2D eigenvalue weighted by atomic mass is 10.0. The molecule has 2 N–H and O–H groups in total. The number of hydrogen-bond acceptors (Lipinski definition) is 2. The van der Waals surface area contributed by atoms with E-state index >= 15 is 0 Å². The molecule has 3 nitrogen and oxygen atoms in total. The molecule has 0 spiro atoms. The van der Waals surface area contributed by atoms with Crippen molar-refractivity contribution >= 4 is 26.7 Å². The van der Waals surface area contributed by atoms with Gasteiger partial charge in [-0.15, -0.1) is 0 Å². The SMILES string of the molecule is Oc1c2c(c(O)n1-c1ccc(Br)c3ccccc13)[C@H]1C=C[C@@H]2C1. The summed E-state index contributed by atoms with van der Waals surface area (Å²) < 4.78 is 2.59. The highest BCUT2D eigenvalue weighted by atomic mass is 79.9. The van der Waals surface area contributed by atoms with Crippen LogP contribution in [-0.2, 0) is 0 Å². The summed E-state index contributed by atoms with van der Waals surface area (Å²) in [7, 11) is 0. The fourth-order valence-electron chi connectivity index (χ4n) is 4.11. The van der Waals surface area contributed by atoms with Crippen LogP contribution in [0.5, 0.6) is 11.8 Å². The number of benzene rings is 2. The molecule has 5 rings (SSSR count). The van der Waals surface area contributed by atoms with Gasteiger partial charge in [0.15, 0.2) is 0 Å². The number of rotatable bonds is 1. The van der Waals surface area contributed by atoms with Gasteiger partial charge in [0.2, 0.25) is 11.8 Å². The maximum absolute atomic E-state index is 10.8. The Bertz CT molecular complexity index is 967. The van der Waals surface area contributed by atoms with Crippen LogP contribution in [0.2, 0.25) is 0 Å². The van der Waals surface area contributed by atoms with Gasteiger partial charge in [-0.1, -0.05) is 52.3 Å². The van der Waals surface area contributed by atoms with Crippen molar-refractivity contribution in [2.45, 2.75) is 18.3 Å². The van der Waals surface area contributed by atoms with Crippen LogP contribution in [0.15, 0.2) is 53.0 Å². The summed E-state index contributed by atoms with van der Waals surface area (Å²) in [5, 5.41) is 23.6. The quantitative estimate of drug-likeness (QED) is 0.598. The predicted molar refractivity (Wildman–Crippen MR) is 93.5 cm³/mol. The minimum Gasteiger partial charge on any atom is -0.494 e. The number of fused-ring (bicyclic) bond motifs is 6. The van der Waals surface area contributed by atoms with Gasteiger partial charge in [0.05, 0.1) is 5.69 Å². The summed E-state index contributed by atoms with van der Waals surface area (Å²) in [6.45, 7) is 0. The number of aromatic hydroxyl groups is 2. The molecule has 2 aliphatic carbocycles. The Morgan fingerprint density at radius 2 is 1.48 bits per heavy atom. The maximum Gasteiger partial charge on any atom is 0.202 e. The monoisotopic (exact) mass is 367 g/mol. The predicted octanol–water partition coefficient (Wildman–Crippen LogP) is 4.94. The summed E-state index contributed by atoms with van der Waals surface area (Å²) in [6, 6.07) is 11.9. The summed E-state index contributed by atoms with van der Waals surface area (Å²) in [4.78, 5) is 0. The minimum absolute atomic E-state index is 0.168. The third-order valence-electron chi connectivity index (χ3n) is 5.11. The van der Waals surface area contributed by atoms with Crippen molar-refractivity contribution in [3.8, 4) is 17.4 Å². The van der Waals surface area contributed by atoms with Gasteiger partial charge in [0, 0.05) is 32.8 Å². The molecule has 4 heteroatoms. The first-order valence-electron chi connectivity index (χ1n) is 7.69. The molecule has 0 amide bonds. The standard InChI is InChI=1S/C19H14BrNO2/c20-14-7-8-15(13-4-2-1-3-12(13)14)21-18(22)16-10-5-6-11(9-10)17(16)19(21)23/h1-8,10-11,22-23H,9H2/t10-,11+. The molecule has 2 aromatic carbocycles. The van der Waals surface area contributed by atoms with E-state index in [1.807, 2.05) is 36.4 Å². The van der Waals surface area contributed by atoms with Crippen molar-refractivity contribution in [1.82, 2.24) is 4.57 Å². The van der Waals surface area contributed by atoms with Crippen LogP contribution >= 0.6 is 15.9 Å². The molecule has 0 fully saturated rings. The fourth-order valence-corrected chi connectivity index (χ4v) is 4.59. The molecule has 23 heavy (non-hydrogen) atoms. The number of nitrogens with zero attached hydrogens (tertiary/aromatic N) is 1. The van der Waals surface area contributed by atoms with Crippen LogP contribution in [0.1, 0.15) is 29.4 Å². The average Bonchev–Trinajstić information content (AvgIpc) is 3.24. The molecule has 0 radical (unpaired) electrons. The van der Waals surface area contributed by atoms with Gasteiger partial charge >= 0.3 is 0 Å². The van der Waals surface area contributed by atoms with E-state index in [4.69, 9.17) is 0 Å². The second-order valence-corrected chi connectivity index (χ2v) is 7.11. The fraction of sp³-hybridized carbons (Fsp3) is 0.158. The molecule has 0 unspecified atom stereocenters. The van der Waals surface area contributed by atoms with Gasteiger partial charge in [-0.05, 0) is 23.9 Å². The van der Waals surface area contributed by atoms with E-state index < -0.39 is 0 Å². The molecule has 0 saturated heterocycles. The van der Waals surface area contributed by atoms with Crippen LogP contribution in [0.3, 0.4) is 0 Å². The molecular weight excluding hydrogens is 354 g/mol. The van der Waals surface area contributed by atoms with E-state index in [0.29, 0.717) is 0 Å². The second-order valence-electron chi connectivity index (χ2n) is 6.26. The summed E-state index contributed by atoms with van der Waals surface area (Å²) >= 11 is 3.57. The molecule has 0 aliphatic heterocycles. The number of hydrogen-bond donors (Lipinski definition) is 2. The van der Waals surface area contributed by atoms with Crippen LogP contribution in [0, 0.1) is 0 Å².